The van der Waals surface area contributed by atoms with E-state index in [-0.39, 0.29) is 24.1 Å². The number of hydrogen-bond donors (Lipinski definition) is 2. The van der Waals surface area contributed by atoms with Crippen LogP contribution in [-0.4, -0.2) is 29.3 Å². The van der Waals surface area contributed by atoms with Gasteiger partial charge in [-0.05, 0) is 49.2 Å². The Morgan fingerprint density at radius 2 is 1.88 bits per heavy atom. The van der Waals surface area contributed by atoms with E-state index in [4.69, 9.17) is 9.47 Å². The van der Waals surface area contributed by atoms with Gasteiger partial charge in [0, 0.05) is 29.1 Å². The highest BCUT2D eigenvalue weighted by molar-refractivity contribution is 5.86. The van der Waals surface area contributed by atoms with Crippen LogP contribution in [0.4, 0.5) is 0 Å². The Morgan fingerprint density at radius 3 is 2.58 bits per heavy atom. The van der Waals surface area contributed by atoms with Crippen LogP contribution in [0.2, 0.25) is 0 Å². The van der Waals surface area contributed by atoms with Gasteiger partial charge in [-0.3, -0.25) is 4.79 Å². The number of fused-ring (bicyclic) bond motifs is 1. The normalized spacial score (nSPS) is 12.1. The molecule has 0 fully saturated rings. The topological polar surface area (TPSA) is 71.5 Å². The highest BCUT2D eigenvalue weighted by Crippen LogP contribution is 2.35. The van der Waals surface area contributed by atoms with Gasteiger partial charge >= 0.3 is 5.97 Å². The summed E-state index contributed by atoms with van der Waals surface area (Å²) in [4.78, 5) is 15.4. The maximum atomic E-state index is 12.2. The Balaban J connectivity index is 2.00. The molecule has 2 aromatic carbocycles. The van der Waals surface area contributed by atoms with Crippen molar-refractivity contribution in [3.63, 3.8) is 0 Å². The zero-order valence-corrected chi connectivity index (χ0v) is 15.0. The summed E-state index contributed by atoms with van der Waals surface area (Å²) in [6.45, 7) is 4.71. The summed E-state index contributed by atoms with van der Waals surface area (Å²) in [5, 5.41) is 10.7. The molecule has 3 aromatic rings. The van der Waals surface area contributed by atoms with E-state index in [1.54, 1.807) is 19.1 Å². The minimum absolute atomic E-state index is 0.150. The van der Waals surface area contributed by atoms with E-state index >= 15 is 0 Å². The van der Waals surface area contributed by atoms with Gasteiger partial charge in [0.2, 0.25) is 0 Å². The predicted molar refractivity (Wildman–Crippen MR) is 101 cm³/mol. The van der Waals surface area contributed by atoms with Crippen LogP contribution < -0.4 is 4.74 Å². The molecule has 0 amide bonds. The van der Waals surface area contributed by atoms with Gasteiger partial charge in [-0.1, -0.05) is 12.1 Å². The second kappa shape index (κ2) is 7.95. The smallest absolute Gasteiger partial charge is 0.306 e. The lowest BCUT2D eigenvalue weighted by Gasteiger charge is -2.17. The van der Waals surface area contributed by atoms with Crippen molar-refractivity contribution in [2.45, 2.75) is 26.2 Å². The molecule has 5 heteroatoms. The molecular weight excluding hydrogens is 330 g/mol. The van der Waals surface area contributed by atoms with Crippen molar-refractivity contribution >= 4 is 16.9 Å². The van der Waals surface area contributed by atoms with E-state index in [2.05, 4.69) is 4.98 Å². The molecule has 0 aliphatic carbocycles. The molecule has 2 N–H and O–H groups in total. The van der Waals surface area contributed by atoms with Crippen LogP contribution in [0.3, 0.4) is 0 Å². The Bertz CT molecular complexity index is 883. The van der Waals surface area contributed by atoms with Gasteiger partial charge in [-0.15, -0.1) is 0 Å². The van der Waals surface area contributed by atoms with Gasteiger partial charge in [-0.25, -0.2) is 0 Å². The largest absolute Gasteiger partial charge is 0.508 e. The Morgan fingerprint density at radius 1 is 1.12 bits per heavy atom. The number of aromatic hydroxyl groups is 1. The lowest BCUT2D eigenvalue weighted by molar-refractivity contribution is -0.143. The van der Waals surface area contributed by atoms with Crippen LogP contribution in [0.1, 0.15) is 37.3 Å². The highest BCUT2D eigenvalue weighted by Gasteiger charge is 2.22. The van der Waals surface area contributed by atoms with Gasteiger partial charge in [0.25, 0.3) is 0 Å². The van der Waals surface area contributed by atoms with Crippen molar-refractivity contribution in [3.8, 4) is 11.5 Å². The van der Waals surface area contributed by atoms with Gasteiger partial charge in [0.05, 0.1) is 19.6 Å². The van der Waals surface area contributed by atoms with E-state index in [1.165, 1.54) is 0 Å². The third kappa shape index (κ3) is 3.82. The van der Waals surface area contributed by atoms with Crippen molar-refractivity contribution in [1.82, 2.24) is 4.98 Å². The summed E-state index contributed by atoms with van der Waals surface area (Å²) in [7, 11) is 0. The average Bonchev–Trinajstić information content (AvgIpc) is 3.04. The lowest BCUT2D eigenvalue weighted by atomic mass is 9.88. The van der Waals surface area contributed by atoms with Gasteiger partial charge < -0.3 is 19.6 Å². The predicted octanol–water partition coefficient (Wildman–Crippen LogP) is 4.36. The monoisotopic (exact) mass is 353 g/mol. The molecule has 1 atom stereocenters. The van der Waals surface area contributed by atoms with E-state index in [1.807, 2.05) is 43.5 Å². The summed E-state index contributed by atoms with van der Waals surface area (Å²) < 4.78 is 10.7. The fourth-order valence-electron chi connectivity index (χ4n) is 3.18. The number of phenols is 1. The fraction of sp³-hybridized carbons (Fsp3) is 0.286. The second-order valence-electron chi connectivity index (χ2n) is 6.04. The number of hydrogen-bond acceptors (Lipinski definition) is 4. The number of carbonyl (C=O) groups is 1. The summed E-state index contributed by atoms with van der Waals surface area (Å²) in [6.07, 6.45) is 2.14. The van der Waals surface area contributed by atoms with Crippen LogP contribution in [0.25, 0.3) is 10.9 Å². The first kappa shape index (κ1) is 17.9. The van der Waals surface area contributed by atoms with Crippen molar-refractivity contribution in [2.75, 3.05) is 13.2 Å². The molecule has 0 saturated carbocycles. The summed E-state index contributed by atoms with van der Waals surface area (Å²) >= 11 is 0. The van der Waals surface area contributed by atoms with E-state index in [9.17, 15) is 9.90 Å². The minimum atomic E-state index is -0.237. The maximum absolute atomic E-state index is 12.2. The molecule has 136 valence electrons. The van der Waals surface area contributed by atoms with Crippen LogP contribution in [0.5, 0.6) is 11.5 Å². The van der Waals surface area contributed by atoms with Gasteiger partial charge in [0.1, 0.15) is 11.5 Å². The number of esters is 1. The molecule has 1 unspecified atom stereocenters. The standard InChI is InChI=1S/C21H23NO4/c1-3-25-16-8-5-14(6-9-16)18(12-21(24)26-4-2)19-13-22-20-11-15(23)7-10-17(19)20/h5-11,13,18,22-23H,3-4,12H2,1-2H3. The molecule has 0 saturated heterocycles. The molecule has 1 heterocycles. The molecular formula is C21H23NO4. The molecule has 3 rings (SSSR count). The Hall–Kier alpha value is -2.95. The molecule has 1 aromatic heterocycles. The quantitative estimate of drug-likeness (QED) is 0.619. The van der Waals surface area contributed by atoms with E-state index in [0.29, 0.717) is 13.2 Å². The lowest BCUT2D eigenvalue weighted by Crippen LogP contribution is -2.11. The number of phenolic OH excluding ortho intramolecular Hbond substituents is 1. The first-order valence-electron chi connectivity index (χ1n) is 8.80. The summed E-state index contributed by atoms with van der Waals surface area (Å²) in [5.41, 5.74) is 2.84. The van der Waals surface area contributed by atoms with Crippen molar-refractivity contribution < 1.29 is 19.4 Å². The molecule has 0 spiro atoms. The number of rotatable bonds is 7. The number of H-pyrrole nitrogens is 1. The molecule has 0 aliphatic heterocycles. The van der Waals surface area contributed by atoms with Gasteiger partial charge in [0.15, 0.2) is 0 Å². The van der Waals surface area contributed by atoms with Crippen LogP contribution >= 0.6 is 0 Å². The number of benzene rings is 2. The zero-order chi connectivity index (χ0) is 18.5. The van der Waals surface area contributed by atoms with Crippen molar-refractivity contribution in [2.24, 2.45) is 0 Å². The number of nitrogens with one attached hydrogen (secondary N) is 1. The number of aromatic nitrogens is 1. The van der Waals surface area contributed by atoms with Crippen LogP contribution in [-0.2, 0) is 9.53 Å². The summed E-state index contributed by atoms with van der Waals surface area (Å²) in [5.74, 6) is 0.617. The molecule has 0 radical (unpaired) electrons. The van der Waals surface area contributed by atoms with E-state index in [0.717, 1.165) is 27.8 Å². The fourth-order valence-corrected chi connectivity index (χ4v) is 3.18. The average molecular weight is 353 g/mol. The molecule has 0 bridgehead atoms. The minimum Gasteiger partial charge on any atom is -0.508 e. The van der Waals surface area contributed by atoms with Crippen LogP contribution in [0, 0.1) is 0 Å². The highest BCUT2D eigenvalue weighted by atomic mass is 16.5. The van der Waals surface area contributed by atoms with E-state index < -0.39 is 0 Å². The first-order chi connectivity index (χ1) is 12.6. The second-order valence-corrected chi connectivity index (χ2v) is 6.04. The Labute approximate surface area is 152 Å². The molecule has 26 heavy (non-hydrogen) atoms. The Kier molecular flexibility index (Phi) is 5.46. The SMILES string of the molecule is CCOC(=O)CC(c1ccc(OCC)cc1)c1c[nH]c2cc(O)ccc12. The van der Waals surface area contributed by atoms with Crippen molar-refractivity contribution in [3.05, 3.63) is 59.8 Å². The maximum Gasteiger partial charge on any atom is 0.306 e. The van der Waals surface area contributed by atoms with Crippen molar-refractivity contribution in [1.29, 1.82) is 0 Å². The number of aromatic amines is 1. The third-order valence-electron chi connectivity index (χ3n) is 4.34. The molecule has 5 nitrogen and oxygen atoms in total. The number of ether oxygens (including phenoxy) is 2. The van der Waals surface area contributed by atoms with Gasteiger partial charge in [-0.2, -0.15) is 0 Å². The first-order valence-corrected chi connectivity index (χ1v) is 8.80. The zero-order valence-electron chi connectivity index (χ0n) is 15.0. The van der Waals surface area contributed by atoms with Crippen LogP contribution in [0.15, 0.2) is 48.7 Å². The molecule has 0 aliphatic rings. The third-order valence-corrected chi connectivity index (χ3v) is 4.34. The number of carbonyl (C=O) groups excluding carboxylic acids is 1. The summed E-state index contributed by atoms with van der Waals surface area (Å²) in [6, 6.07) is 13.0.